The molecule has 0 fully saturated rings. The molecule has 1 rings (SSSR count). The van der Waals surface area contributed by atoms with Gasteiger partial charge in [-0.3, -0.25) is 0 Å². The minimum atomic E-state index is -0.394. The minimum absolute atomic E-state index is 0.394. The SMILES string of the molecule is C#CCNCC(O)CSc1ccc(Cl)cc1. The number of hydrogen-bond acceptors (Lipinski definition) is 3. The molecule has 1 unspecified atom stereocenters. The summed E-state index contributed by atoms with van der Waals surface area (Å²) in [5.41, 5.74) is 0. The van der Waals surface area contributed by atoms with Crippen LogP contribution in [-0.4, -0.2) is 30.1 Å². The van der Waals surface area contributed by atoms with Crippen LogP contribution in [0.15, 0.2) is 29.2 Å². The lowest BCUT2D eigenvalue weighted by atomic mass is 10.4. The monoisotopic (exact) mass is 255 g/mol. The van der Waals surface area contributed by atoms with E-state index < -0.39 is 6.10 Å². The lowest BCUT2D eigenvalue weighted by molar-refractivity contribution is 0.198. The van der Waals surface area contributed by atoms with Crippen LogP contribution in [0.3, 0.4) is 0 Å². The van der Waals surface area contributed by atoms with Crippen LogP contribution in [0.1, 0.15) is 0 Å². The molecule has 0 radical (unpaired) electrons. The van der Waals surface area contributed by atoms with Crippen LogP contribution in [0, 0.1) is 12.3 Å². The first-order chi connectivity index (χ1) is 7.72. The molecule has 2 nitrogen and oxygen atoms in total. The largest absolute Gasteiger partial charge is 0.391 e. The Bertz CT molecular complexity index is 347. The highest BCUT2D eigenvalue weighted by molar-refractivity contribution is 7.99. The van der Waals surface area contributed by atoms with E-state index in [1.165, 1.54) is 0 Å². The van der Waals surface area contributed by atoms with Gasteiger partial charge in [-0.2, -0.15) is 0 Å². The minimum Gasteiger partial charge on any atom is -0.391 e. The maximum atomic E-state index is 9.61. The summed E-state index contributed by atoms with van der Waals surface area (Å²) in [6.45, 7) is 1.01. The van der Waals surface area contributed by atoms with Crippen LogP contribution < -0.4 is 5.32 Å². The van der Waals surface area contributed by atoms with Crippen LogP contribution in [-0.2, 0) is 0 Å². The summed E-state index contributed by atoms with van der Waals surface area (Å²) in [4.78, 5) is 1.10. The fourth-order valence-corrected chi connectivity index (χ4v) is 2.05. The Balaban J connectivity index is 2.23. The molecule has 2 N–H and O–H groups in total. The number of benzene rings is 1. The van der Waals surface area contributed by atoms with Crippen LogP contribution >= 0.6 is 23.4 Å². The topological polar surface area (TPSA) is 32.3 Å². The Labute approximate surface area is 105 Å². The molecular formula is C12H14ClNOS. The molecule has 0 saturated heterocycles. The smallest absolute Gasteiger partial charge is 0.0758 e. The molecule has 0 aliphatic heterocycles. The zero-order valence-corrected chi connectivity index (χ0v) is 10.4. The van der Waals surface area contributed by atoms with Crippen LogP contribution in [0.4, 0.5) is 0 Å². The first-order valence-electron chi connectivity index (χ1n) is 4.93. The normalized spacial score (nSPS) is 12.1. The van der Waals surface area contributed by atoms with E-state index in [-0.39, 0.29) is 0 Å². The van der Waals surface area contributed by atoms with Crippen molar-refractivity contribution in [2.45, 2.75) is 11.0 Å². The lowest BCUT2D eigenvalue weighted by Crippen LogP contribution is -2.28. The van der Waals surface area contributed by atoms with Gasteiger partial charge >= 0.3 is 0 Å². The molecule has 0 heterocycles. The van der Waals surface area contributed by atoms with Gasteiger partial charge in [0.1, 0.15) is 0 Å². The molecule has 1 aromatic carbocycles. The van der Waals surface area contributed by atoms with E-state index in [1.807, 2.05) is 24.3 Å². The van der Waals surface area contributed by atoms with Gasteiger partial charge in [0.15, 0.2) is 0 Å². The summed E-state index contributed by atoms with van der Waals surface area (Å²) in [6.07, 6.45) is 4.69. The Kier molecular flexibility index (Phi) is 6.36. The van der Waals surface area contributed by atoms with Crippen molar-refractivity contribution in [1.82, 2.24) is 5.32 Å². The molecular weight excluding hydrogens is 242 g/mol. The quantitative estimate of drug-likeness (QED) is 0.463. The third-order valence-electron chi connectivity index (χ3n) is 1.86. The molecule has 0 aliphatic rings. The molecule has 0 bridgehead atoms. The number of rotatable bonds is 6. The average Bonchev–Trinajstić information content (AvgIpc) is 2.29. The van der Waals surface area contributed by atoms with Gasteiger partial charge in [0, 0.05) is 22.2 Å². The summed E-state index contributed by atoms with van der Waals surface area (Å²) in [5, 5.41) is 13.3. The van der Waals surface area contributed by atoms with Crippen molar-refractivity contribution >= 4 is 23.4 Å². The van der Waals surface area contributed by atoms with E-state index >= 15 is 0 Å². The Morgan fingerprint density at radius 2 is 2.12 bits per heavy atom. The number of nitrogens with one attached hydrogen (secondary N) is 1. The molecule has 0 saturated carbocycles. The lowest BCUT2D eigenvalue weighted by Gasteiger charge is -2.10. The van der Waals surface area contributed by atoms with Gasteiger partial charge in [-0.05, 0) is 24.3 Å². The third kappa shape index (κ3) is 5.43. The van der Waals surface area contributed by atoms with Gasteiger partial charge in [0.05, 0.1) is 12.6 Å². The van der Waals surface area contributed by atoms with Gasteiger partial charge in [-0.1, -0.05) is 17.5 Å². The van der Waals surface area contributed by atoms with Crippen LogP contribution in [0.2, 0.25) is 5.02 Å². The zero-order chi connectivity index (χ0) is 11.8. The average molecular weight is 256 g/mol. The molecule has 0 spiro atoms. The molecule has 0 aliphatic carbocycles. The number of thioether (sulfide) groups is 1. The maximum Gasteiger partial charge on any atom is 0.0758 e. The highest BCUT2D eigenvalue weighted by Gasteiger charge is 2.04. The number of hydrogen-bond donors (Lipinski definition) is 2. The zero-order valence-electron chi connectivity index (χ0n) is 8.82. The van der Waals surface area contributed by atoms with Crippen molar-refractivity contribution in [3.8, 4) is 12.3 Å². The molecule has 0 aromatic heterocycles. The second-order valence-corrected chi connectivity index (χ2v) is 4.78. The van der Waals surface area contributed by atoms with Crippen molar-refractivity contribution < 1.29 is 5.11 Å². The number of aliphatic hydroxyl groups excluding tert-OH is 1. The predicted molar refractivity (Wildman–Crippen MR) is 69.9 cm³/mol. The highest BCUT2D eigenvalue weighted by Crippen LogP contribution is 2.20. The van der Waals surface area contributed by atoms with E-state index in [0.29, 0.717) is 18.8 Å². The van der Waals surface area contributed by atoms with Gasteiger partial charge < -0.3 is 10.4 Å². The molecule has 4 heteroatoms. The van der Waals surface area contributed by atoms with Crippen molar-refractivity contribution in [2.75, 3.05) is 18.8 Å². The molecule has 1 atom stereocenters. The summed E-state index contributed by atoms with van der Waals surface area (Å²) >= 11 is 7.37. The fraction of sp³-hybridized carbons (Fsp3) is 0.333. The summed E-state index contributed by atoms with van der Waals surface area (Å²) in [5.74, 6) is 3.10. The maximum absolute atomic E-state index is 9.61. The first kappa shape index (κ1) is 13.4. The van der Waals surface area contributed by atoms with E-state index in [1.54, 1.807) is 11.8 Å². The standard InChI is InChI=1S/C12H14ClNOS/c1-2-7-14-8-11(15)9-16-12-5-3-10(13)4-6-12/h1,3-6,11,14-15H,7-9H2. The van der Waals surface area contributed by atoms with Crippen molar-refractivity contribution in [3.63, 3.8) is 0 Å². The predicted octanol–water partition coefficient (Wildman–Crippen LogP) is 2.02. The van der Waals surface area contributed by atoms with E-state index in [9.17, 15) is 5.11 Å². The van der Waals surface area contributed by atoms with Crippen LogP contribution in [0.25, 0.3) is 0 Å². The summed E-state index contributed by atoms with van der Waals surface area (Å²) in [7, 11) is 0. The Morgan fingerprint density at radius 3 is 2.75 bits per heavy atom. The fourth-order valence-electron chi connectivity index (χ4n) is 1.09. The van der Waals surface area contributed by atoms with Gasteiger partial charge in [0.25, 0.3) is 0 Å². The summed E-state index contributed by atoms with van der Waals surface area (Å²) in [6, 6.07) is 7.56. The molecule has 86 valence electrons. The van der Waals surface area contributed by atoms with Crippen LogP contribution in [0.5, 0.6) is 0 Å². The van der Waals surface area contributed by atoms with Crippen molar-refractivity contribution in [1.29, 1.82) is 0 Å². The summed E-state index contributed by atoms with van der Waals surface area (Å²) < 4.78 is 0. The third-order valence-corrected chi connectivity index (χ3v) is 3.27. The first-order valence-corrected chi connectivity index (χ1v) is 6.29. The number of halogens is 1. The number of aliphatic hydroxyl groups is 1. The second-order valence-electron chi connectivity index (χ2n) is 3.25. The number of terminal acetylenes is 1. The Hall–Kier alpha value is -0.660. The molecule has 0 amide bonds. The Morgan fingerprint density at radius 1 is 1.44 bits per heavy atom. The van der Waals surface area contributed by atoms with E-state index in [4.69, 9.17) is 18.0 Å². The highest BCUT2D eigenvalue weighted by atomic mass is 35.5. The van der Waals surface area contributed by atoms with Crippen molar-refractivity contribution in [3.05, 3.63) is 29.3 Å². The van der Waals surface area contributed by atoms with Gasteiger partial charge in [0.2, 0.25) is 0 Å². The second kappa shape index (κ2) is 7.59. The van der Waals surface area contributed by atoms with E-state index in [0.717, 1.165) is 9.92 Å². The molecule has 16 heavy (non-hydrogen) atoms. The molecule has 1 aromatic rings. The van der Waals surface area contributed by atoms with Gasteiger partial charge in [-0.15, -0.1) is 18.2 Å². The van der Waals surface area contributed by atoms with Crippen molar-refractivity contribution in [2.24, 2.45) is 0 Å². The van der Waals surface area contributed by atoms with Gasteiger partial charge in [-0.25, -0.2) is 0 Å². The van der Waals surface area contributed by atoms with E-state index in [2.05, 4.69) is 11.2 Å².